The van der Waals surface area contributed by atoms with Gasteiger partial charge in [-0.15, -0.1) is 0 Å². The lowest BCUT2D eigenvalue weighted by Crippen LogP contribution is -2.46. The number of aliphatic hydroxyl groups excluding tert-OH is 1. The second-order valence-corrected chi connectivity index (χ2v) is 7.60. The maximum atomic E-state index is 13.8. The molecule has 5 nitrogen and oxygen atoms in total. The minimum absolute atomic E-state index is 0.0524. The van der Waals surface area contributed by atoms with Crippen LogP contribution in [0.1, 0.15) is 22.9 Å². The first kappa shape index (κ1) is 19.1. The zero-order valence-corrected chi connectivity index (χ0v) is 16.3. The minimum atomic E-state index is -0.544. The number of nitrogens with one attached hydrogen (secondary N) is 2. The Bertz CT molecular complexity index is 1050. The molecule has 1 atom stereocenters. The van der Waals surface area contributed by atoms with Gasteiger partial charge in [0.1, 0.15) is 5.82 Å². The summed E-state index contributed by atoms with van der Waals surface area (Å²) in [6.07, 6.45) is 0.582. The van der Waals surface area contributed by atoms with Crippen molar-refractivity contribution < 1.29 is 14.3 Å². The van der Waals surface area contributed by atoms with Gasteiger partial charge in [0.2, 0.25) is 0 Å². The van der Waals surface area contributed by atoms with E-state index in [9.17, 15) is 14.3 Å². The number of amides is 2. The van der Waals surface area contributed by atoms with Crippen molar-refractivity contribution in [3.05, 3.63) is 69.1 Å². The van der Waals surface area contributed by atoms with Crippen molar-refractivity contribution in [2.45, 2.75) is 19.0 Å². The van der Waals surface area contributed by atoms with E-state index in [1.807, 2.05) is 12.1 Å². The van der Waals surface area contributed by atoms with Crippen LogP contribution in [0.4, 0.5) is 9.18 Å². The summed E-state index contributed by atoms with van der Waals surface area (Å²) in [4.78, 5) is 17.5. The number of aromatic amines is 1. The van der Waals surface area contributed by atoms with Crippen molar-refractivity contribution in [1.29, 1.82) is 0 Å². The Morgan fingerprint density at radius 1 is 1.32 bits per heavy atom. The van der Waals surface area contributed by atoms with Crippen LogP contribution < -0.4 is 5.32 Å². The lowest BCUT2D eigenvalue weighted by atomic mass is 9.98. The fourth-order valence-corrected chi connectivity index (χ4v) is 4.10. The van der Waals surface area contributed by atoms with Crippen LogP contribution in [-0.2, 0) is 13.0 Å². The Hall–Kier alpha value is -2.28. The third kappa shape index (κ3) is 3.43. The maximum absolute atomic E-state index is 13.8. The van der Waals surface area contributed by atoms with Crippen molar-refractivity contribution >= 4 is 40.1 Å². The summed E-state index contributed by atoms with van der Waals surface area (Å²) in [5.74, 6) is -0.510. The molecule has 2 aromatic carbocycles. The number of hydrogen-bond acceptors (Lipinski definition) is 2. The van der Waals surface area contributed by atoms with Gasteiger partial charge in [0.15, 0.2) is 0 Å². The molecule has 0 spiro atoms. The third-order valence-electron chi connectivity index (χ3n) is 5.06. The molecule has 1 aliphatic rings. The number of rotatable bonds is 3. The molecular weight excluding hydrogens is 404 g/mol. The Balaban J connectivity index is 1.58. The van der Waals surface area contributed by atoms with E-state index in [2.05, 4.69) is 10.3 Å². The highest BCUT2D eigenvalue weighted by atomic mass is 35.5. The van der Waals surface area contributed by atoms with E-state index >= 15 is 0 Å². The molecule has 1 aliphatic heterocycles. The lowest BCUT2D eigenvalue weighted by Gasteiger charge is -2.34. The number of halogens is 3. The second kappa shape index (κ2) is 7.62. The Morgan fingerprint density at radius 3 is 2.89 bits per heavy atom. The number of nitrogens with zero attached hydrogens (tertiary/aromatic N) is 1. The molecule has 0 saturated carbocycles. The highest BCUT2D eigenvalue weighted by molar-refractivity contribution is 6.31. The lowest BCUT2D eigenvalue weighted by molar-refractivity contribution is 0.125. The molecule has 2 amide bonds. The molecule has 0 aliphatic carbocycles. The average molecular weight is 422 g/mol. The van der Waals surface area contributed by atoms with Gasteiger partial charge in [-0.2, -0.15) is 0 Å². The molecule has 2 heterocycles. The fourth-order valence-electron chi connectivity index (χ4n) is 3.72. The first-order chi connectivity index (χ1) is 13.5. The average Bonchev–Trinajstić information content (AvgIpc) is 3.03. The Kier molecular flexibility index (Phi) is 5.19. The van der Waals surface area contributed by atoms with Crippen LogP contribution in [0.25, 0.3) is 10.9 Å². The molecule has 4 rings (SSSR count). The predicted molar refractivity (Wildman–Crippen MR) is 107 cm³/mol. The van der Waals surface area contributed by atoms with Crippen LogP contribution in [0.3, 0.4) is 0 Å². The molecule has 1 aromatic heterocycles. The van der Waals surface area contributed by atoms with Gasteiger partial charge in [-0.3, -0.25) is 0 Å². The third-order valence-corrected chi connectivity index (χ3v) is 5.58. The number of urea groups is 1. The van der Waals surface area contributed by atoms with E-state index < -0.39 is 11.9 Å². The molecule has 28 heavy (non-hydrogen) atoms. The molecule has 0 radical (unpaired) electrons. The normalized spacial score (nSPS) is 16.3. The van der Waals surface area contributed by atoms with E-state index in [1.54, 1.807) is 23.1 Å². The maximum Gasteiger partial charge on any atom is 0.318 e. The summed E-state index contributed by atoms with van der Waals surface area (Å²) in [5.41, 5.74) is 3.15. The van der Waals surface area contributed by atoms with Gasteiger partial charge in [0.25, 0.3) is 0 Å². The van der Waals surface area contributed by atoms with E-state index in [4.69, 9.17) is 23.2 Å². The van der Waals surface area contributed by atoms with Crippen molar-refractivity contribution in [3.8, 4) is 0 Å². The van der Waals surface area contributed by atoms with Crippen molar-refractivity contribution in [1.82, 2.24) is 15.2 Å². The molecule has 0 fully saturated rings. The molecule has 3 aromatic rings. The SMILES string of the molecule is O=C(NCc1cccc(Cl)c1)N1CCc2c([nH]c3cc(F)c(Cl)cc23)C1CO. The standard InChI is InChI=1S/C20H18Cl2FN3O2/c21-12-3-1-2-11(6-12)9-24-20(28)26-5-4-13-14-7-15(22)16(23)8-17(14)25-19(13)18(26)10-27/h1-3,6-8,18,25,27H,4-5,9-10H2,(H,24,28). The minimum Gasteiger partial charge on any atom is -0.394 e. The number of aliphatic hydroxyl groups is 1. The summed E-state index contributed by atoms with van der Waals surface area (Å²) in [6.45, 7) is 0.511. The van der Waals surface area contributed by atoms with E-state index in [0.717, 1.165) is 16.5 Å². The van der Waals surface area contributed by atoms with Gasteiger partial charge in [0, 0.05) is 34.7 Å². The van der Waals surface area contributed by atoms with Gasteiger partial charge in [-0.25, -0.2) is 9.18 Å². The van der Waals surface area contributed by atoms with Crippen LogP contribution in [0.15, 0.2) is 36.4 Å². The molecule has 1 unspecified atom stereocenters. The van der Waals surface area contributed by atoms with Gasteiger partial charge in [-0.1, -0.05) is 35.3 Å². The van der Waals surface area contributed by atoms with Gasteiger partial charge in [0.05, 0.1) is 17.7 Å². The Labute approximate surface area is 171 Å². The van der Waals surface area contributed by atoms with Gasteiger partial charge < -0.3 is 20.3 Å². The van der Waals surface area contributed by atoms with E-state index in [0.29, 0.717) is 35.7 Å². The molecule has 146 valence electrons. The summed E-state index contributed by atoms with van der Waals surface area (Å²) < 4.78 is 13.8. The first-order valence-corrected chi connectivity index (χ1v) is 9.62. The summed E-state index contributed by atoms with van der Waals surface area (Å²) in [7, 11) is 0. The zero-order chi connectivity index (χ0) is 19.8. The number of benzene rings is 2. The molecular formula is C20H18Cl2FN3O2. The van der Waals surface area contributed by atoms with Crippen LogP contribution in [0.5, 0.6) is 0 Å². The van der Waals surface area contributed by atoms with Crippen molar-refractivity contribution in [2.75, 3.05) is 13.2 Å². The van der Waals surface area contributed by atoms with Crippen molar-refractivity contribution in [3.63, 3.8) is 0 Å². The predicted octanol–water partition coefficient (Wildman–Crippen LogP) is 4.42. The number of carbonyl (C=O) groups is 1. The Morgan fingerprint density at radius 2 is 2.14 bits per heavy atom. The molecule has 8 heteroatoms. The largest absolute Gasteiger partial charge is 0.394 e. The second-order valence-electron chi connectivity index (χ2n) is 6.76. The van der Waals surface area contributed by atoms with Crippen LogP contribution in [0.2, 0.25) is 10.0 Å². The van der Waals surface area contributed by atoms with E-state index in [-0.39, 0.29) is 17.7 Å². The highest BCUT2D eigenvalue weighted by Gasteiger charge is 2.33. The number of hydrogen-bond donors (Lipinski definition) is 3. The van der Waals surface area contributed by atoms with Crippen LogP contribution >= 0.6 is 23.2 Å². The highest BCUT2D eigenvalue weighted by Crippen LogP contribution is 2.36. The van der Waals surface area contributed by atoms with Crippen molar-refractivity contribution in [2.24, 2.45) is 0 Å². The number of H-pyrrole nitrogens is 1. The first-order valence-electron chi connectivity index (χ1n) is 8.87. The number of aromatic nitrogens is 1. The quantitative estimate of drug-likeness (QED) is 0.585. The monoisotopic (exact) mass is 421 g/mol. The van der Waals surface area contributed by atoms with Crippen LogP contribution in [-0.4, -0.2) is 34.2 Å². The molecule has 0 bridgehead atoms. The molecule has 0 saturated heterocycles. The molecule has 3 N–H and O–H groups in total. The zero-order valence-electron chi connectivity index (χ0n) is 14.8. The van der Waals surface area contributed by atoms with Crippen LogP contribution in [0, 0.1) is 5.82 Å². The smallest absolute Gasteiger partial charge is 0.318 e. The summed E-state index contributed by atoms with van der Waals surface area (Å²) in [5, 5.41) is 14.3. The summed E-state index contributed by atoms with van der Waals surface area (Å²) in [6, 6.07) is 9.35. The van der Waals surface area contributed by atoms with Gasteiger partial charge in [-0.05, 0) is 41.8 Å². The van der Waals surface area contributed by atoms with Gasteiger partial charge >= 0.3 is 6.03 Å². The number of fused-ring (bicyclic) bond motifs is 3. The fraction of sp³-hybridized carbons (Fsp3) is 0.250. The number of carbonyl (C=O) groups excluding carboxylic acids is 1. The topological polar surface area (TPSA) is 68.4 Å². The summed E-state index contributed by atoms with van der Waals surface area (Å²) >= 11 is 11.9. The van der Waals surface area contributed by atoms with E-state index in [1.165, 1.54) is 6.07 Å².